The van der Waals surface area contributed by atoms with Gasteiger partial charge in [0, 0.05) is 62.6 Å². The molecule has 4 aromatic rings. The van der Waals surface area contributed by atoms with Crippen molar-refractivity contribution >= 4 is 70.8 Å². The van der Waals surface area contributed by atoms with Crippen LogP contribution in [0, 0.1) is 5.92 Å². The Bertz CT molecular complexity index is 3000. The Labute approximate surface area is 515 Å². The summed E-state index contributed by atoms with van der Waals surface area (Å²) in [6.45, 7) is 5.21. The van der Waals surface area contributed by atoms with Gasteiger partial charge in [0.2, 0.25) is 41.4 Å². The first-order chi connectivity index (χ1) is 42.8. The number of nitrogens with zero attached hydrogens (tertiary/aromatic N) is 4. The van der Waals surface area contributed by atoms with Crippen LogP contribution in [0.15, 0.2) is 72.8 Å². The molecule has 5 rings (SSSR count). The van der Waals surface area contributed by atoms with Gasteiger partial charge in [0.1, 0.15) is 37.0 Å². The third kappa shape index (κ3) is 24.9. The number of nitrogens with one attached hydrogen (secondary N) is 9. The zero-order valence-corrected chi connectivity index (χ0v) is 50.5. The number of fused-ring (bicyclic) bond motifs is 5. The summed E-state index contributed by atoms with van der Waals surface area (Å²) in [5, 5.41) is 41.4. The largest absolute Gasteiger partial charge is 0.481 e. The topological polar surface area (TPSA) is 405 Å². The van der Waals surface area contributed by atoms with Crippen molar-refractivity contribution in [2.75, 3.05) is 96.4 Å². The fourth-order valence-corrected chi connectivity index (χ4v) is 8.91. The quantitative estimate of drug-likeness (QED) is 0.0219. The lowest BCUT2D eigenvalue weighted by Gasteiger charge is -2.28. The van der Waals surface area contributed by atoms with Gasteiger partial charge < -0.3 is 87.3 Å². The van der Waals surface area contributed by atoms with Gasteiger partial charge in [0.05, 0.1) is 77.4 Å². The SMILES string of the molecule is CNCNC(=O)CNC(=O)OCc1ccc(NC(=O)[C@H](CCCNC(N)=O)NC(=O)[C@@H](NC(=O)[C@@H](CCC(=O)O)NC(=O)CCOCCOCCOCCOCCNC(=O)CCC(=O)N2Cc3ccccc3-c3c(nnn3C)-c3ccccc32)C(C)C)cc1. The van der Waals surface area contributed by atoms with Gasteiger partial charge in [0.15, 0.2) is 0 Å². The number of benzene rings is 3. The molecule has 1 aliphatic heterocycles. The van der Waals surface area contributed by atoms with Gasteiger partial charge in [-0.1, -0.05) is 73.7 Å². The average molecular weight is 1240 g/mol. The van der Waals surface area contributed by atoms with Crippen LogP contribution in [0.1, 0.15) is 69.9 Å². The number of alkyl carbamates (subject to hydrolysis) is 1. The summed E-state index contributed by atoms with van der Waals surface area (Å²) in [6, 6.07) is 17.0. The van der Waals surface area contributed by atoms with E-state index in [-0.39, 0.29) is 136 Å². The molecule has 0 saturated carbocycles. The molecule has 3 aromatic carbocycles. The lowest BCUT2D eigenvalue weighted by Crippen LogP contribution is -2.58. The number of rotatable bonds is 39. The van der Waals surface area contributed by atoms with E-state index in [2.05, 4.69) is 58.2 Å². The number of aliphatic carboxylic acids is 1. The van der Waals surface area contributed by atoms with Crippen molar-refractivity contribution in [3.8, 4) is 22.5 Å². The van der Waals surface area contributed by atoms with Crippen LogP contribution in [0.4, 0.5) is 21.0 Å². The normalized spacial score (nSPS) is 12.5. The zero-order valence-electron chi connectivity index (χ0n) is 50.5. The third-order valence-electron chi connectivity index (χ3n) is 13.5. The molecule has 0 fully saturated rings. The number of anilines is 2. The number of primary amides is 1. The second kappa shape index (κ2) is 38.2. The molecular formula is C59H82N14O16. The number of aryl methyl sites for hydroxylation is 1. The van der Waals surface area contributed by atoms with Crippen molar-refractivity contribution in [2.45, 2.75) is 90.1 Å². The molecule has 3 atom stereocenters. The van der Waals surface area contributed by atoms with Crippen molar-refractivity contribution in [2.24, 2.45) is 18.7 Å². The standard InChI is InChI=1S/C59H82N14O16/c1-38(2)52(57(82)68-44(13-9-24-63-58(60)83)55(80)66-41-17-15-39(16-18-41)36-89-59(84)64-34-49(76)65-37-61-3)69-56(81)45(19-22-51(78)79)67-48(75)23-26-85-28-30-87-32-33-88-31-29-86-27-25-62-47(74)20-21-50(77)73-35-40-10-5-6-11-42(40)54-53(70-71-72(54)4)43-12-7-8-14-46(43)73/h5-8,10-12,14-18,38,44-45,52,61H,9,13,19-37H2,1-4H3,(H,62,74)(H,64,84)(H,65,76)(H,66,80)(H,67,75)(H,68,82)(H,69,81)(H,78,79)(H3,60,63,83)/t44-,45+,52-/m0/s1. The first-order valence-corrected chi connectivity index (χ1v) is 29.2. The molecule has 0 radical (unpaired) electrons. The predicted octanol–water partition coefficient (Wildman–Crippen LogP) is 0.930. The van der Waals surface area contributed by atoms with Crippen molar-refractivity contribution < 1.29 is 76.7 Å². The molecule has 1 aromatic heterocycles. The van der Waals surface area contributed by atoms with E-state index in [4.69, 9.17) is 29.4 Å². The summed E-state index contributed by atoms with van der Waals surface area (Å²) in [5.74, 6) is -5.57. The minimum atomic E-state index is -1.36. The maximum Gasteiger partial charge on any atom is 0.407 e. The smallest absolute Gasteiger partial charge is 0.407 e. The van der Waals surface area contributed by atoms with E-state index in [0.29, 0.717) is 29.2 Å². The Morgan fingerprint density at radius 3 is 1.97 bits per heavy atom. The highest BCUT2D eigenvalue weighted by Gasteiger charge is 2.33. The fourth-order valence-electron chi connectivity index (χ4n) is 8.91. The molecule has 30 nitrogen and oxygen atoms in total. The van der Waals surface area contributed by atoms with Crippen molar-refractivity contribution in [3.05, 3.63) is 83.9 Å². The van der Waals surface area contributed by atoms with Gasteiger partial charge in [-0.25, -0.2) is 14.3 Å². The Balaban J connectivity index is 0.948. The summed E-state index contributed by atoms with van der Waals surface area (Å²) in [7, 11) is 3.48. The van der Waals surface area contributed by atoms with E-state index in [0.717, 1.165) is 22.4 Å². The molecule has 10 amide bonds. The third-order valence-corrected chi connectivity index (χ3v) is 13.5. The van der Waals surface area contributed by atoms with Gasteiger partial charge in [-0.05, 0) is 61.6 Å². The van der Waals surface area contributed by atoms with E-state index in [9.17, 15) is 53.1 Å². The number of carboxylic acids is 1. The molecule has 89 heavy (non-hydrogen) atoms. The van der Waals surface area contributed by atoms with E-state index in [1.165, 1.54) is 12.1 Å². The monoisotopic (exact) mass is 1240 g/mol. The number of hydrogen-bond acceptors (Lipinski definition) is 18. The number of para-hydroxylation sites is 1. The Morgan fingerprint density at radius 1 is 0.640 bits per heavy atom. The molecule has 30 heteroatoms. The molecule has 1 aliphatic rings. The van der Waals surface area contributed by atoms with Crippen molar-refractivity contribution in [3.63, 3.8) is 0 Å². The van der Waals surface area contributed by atoms with E-state index < -0.39 is 78.1 Å². The number of urea groups is 1. The van der Waals surface area contributed by atoms with Gasteiger partial charge in [-0.2, -0.15) is 0 Å². The van der Waals surface area contributed by atoms with Gasteiger partial charge in [-0.15, -0.1) is 5.10 Å². The highest BCUT2D eigenvalue weighted by Crippen LogP contribution is 2.40. The maximum atomic E-state index is 13.8. The fraction of sp³-hybridized carbons (Fsp3) is 0.492. The Hall–Kier alpha value is -9.10. The van der Waals surface area contributed by atoms with Crippen LogP contribution in [0.2, 0.25) is 0 Å². The molecule has 484 valence electrons. The Morgan fingerprint density at radius 2 is 1.29 bits per heavy atom. The number of nitrogens with two attached hydrogens (primary N) is 1. The highest BCUT2D eigenvalue weighted by atomic mass is 16.6. The van der Waals surface area contributed by atoms with Gasteiger partial charge in [-0.3, -0.25) is 38.4 Å². The average Bonchev–Trinajstić information content (AvgIpc) is 1.86. The van der Waals surface area contributed by atoms with Crippen LogP contribution in [0.3, 0.4) is 0 Å². The van der Waals surface area contributed by atoms with Crippen LogP contribution in [0.5, 0.6) is 0 Å². The molecule has 2 heterocycles. The number of aromatic nitrogens is 3. The minimum Gasteiger partial charge on any atom is -0.481 e. The summed E-state index contributed by atoms with van der Waals surface area (Å²) in [5.41, 5.74) is 10.9. The number of carboxylic acid groups (broad SMARTS) is 1. The first-order valence-electron chi connectivity index (χ1n) is 29.2. The number of carbonyl (C=O) groups is 10. The van der Waals surface area contributed by atoms with Gasteiger partial charge >= 0.3 is 18.1 Å². The number of ether oxygens (including phenoxy) is 5. The van der Waals surface area contributed by atoms with Crippen molar-refractivity contribution in [1.29, 1.82) is 0 Å². The van der Waals surface area contributed by atoms with Gasteiger partial charge in [0.25, 0.3) is 0 Å². The van der Waals surface area contributed by atoms with E-state index >= 15 is 0 Å². The molecule has 12 N–H and O–H groups in total. The minimum absolute atomic E-state index is 0.00430. The molecule has 0 aliphatic carbocycles. The number of amides is 10. The van der Waals surface area contributed by atoms with E-state index in [1.54, 1.807) is 42.6 Å². The maximum absolute atomic E-state index is 13.8. The summed E-state index contributed by atoms with van der Waals surface area (Å²) in [4.78, 5) is 129. The Kier molecular flexibility index (Phi) is 30.4. The summed E-state index contributed by atoms with van der Waals surface area (Å²) < 4.78 is 29.0. The predicted molar refractivity (Wildman–Crippen MR) is 323 cm³/mol. The van der Waals surface area contributed by atoms with Crippen LogP contribution in [0.25, 0.3) is 22.5 Å². The molecule has 0 saturated heterocycles. The van der Waals surface area contributed by atoms with Crippen LogP contribution >= 0.6 is 0 Å². The molecule has 0 bridgehead atoms. The second-order valence-electron chi connectivity index (χ2n) is 20.6. The van der Waals surface area contributed by atoms with E-state index in [1.807, 2.05) is 55.6 Å². The lowest BCUT2D eigenvalue weighted by molar-refractivity contribution is -0.138. The molecule has 0 unspecified atom stereocenters. The van der Waals surface area contributed by atoms with Crippen LogP contribution in [-0.2, 0) is 82.2 Å². The summed E-state index contributed by atoms with van der Waals surface area (Å²) >= 11 is 0. The first kappa shape index (κ1) is 70.7. The molecular weight excluding hydrogens is 1160 g/mol. The van der Waals surface area contributed by atoms with Crippen LogP contribution in [-0.4, -0.2) is 184 Å². The zero-order chi connectivity index (χ0) is 64.5. The number of hydrogen-bond donors (Lipinski definition) is 11. The second-order valence-corrected chi connectivity index (χ2v) is 20.6. The van der Waals surface area contributed by atoms with Crippen molar-refractivity contribution in [1.82, 2.24) is 57.5 Å². The lowest BCUT2D eigenvalue weighted by atomic mass is 9.95. The molecule has 0 spiro atoms. The number of carbonyl (C=O) groups excluding carboxylic acids is 9. The summed E-state index contributed by atoms with van der Waals surface area (Å²) in [6.07, 6.45) is -1.60. The highest BCUT2D eigenvalue weighted by molar-refractivity contribution is 6.02. The van der Waals surface area contributed by atoms with Crippen LogP contribution < -0.4 is 58.5 Å².